The van der Waals surface area contributed by atoms with Crippen LogP contribution in [-0.2, 0) is 0 Å². The monoisotopic (exact) mass is 240 g/mol. The summed E-state index contributed by atoms with van der Waals surface area (Å²) in [6.45, 7) is 0. The number of oxime groups is 1. The molecule has 3 nitrogen and oxygen atoms in total. The van der Waals surface area contributed by atoms with E-state index in [1.807, 2.05) is 6.07 Å². The van der Waals surface area contributed by atoms with Crippen molar-refractivity contribution in [1.29, 1.82) is 0 Å². The van der Waals surface area contributed by atoms with Gasteiger partial charge >= 0.3 is 0 Å². The molecule has 0 aliphatic heterocycles. The van der Waals surface area contributed by atoms with Gasteiger partial charge in [-0.15, -0.1) is 0 Å². The van der Waals surface area contributed by atoms with Gasteiger partial charge in [0.25, 0.3) is 0 Å². The number of aromatic nitrogens is 1. The van der Waals surface area contributed by atoms with Gasteiger partial charge in [-0.2, -0.15) is 0 Å². The fourth-order valence-corrected chi connectivity index (χ4v) is 1.72. The van der Waals surface area contributed by atoms with Gasteiger partial charge < -0.3 is 5.21 Å². The number of hydrogen-bond donors (Lipinski definition) is 1. The molecule has 1 N–H and O–H groups in total. The largest absolute Gasteiger partial charge is 0.411 e. The molecule has 0 saturated carbocycles. The van der Waals surface area contributed by atoms with Crippen LogP contribution in [0.1, 0.15) is 5.56 Å². The fourth-order valence-electron chi connectivity index (χ4n) is 1.35. The Labute approximate surface area is 95.9 Å². The van der Waals surface area contributed by atoms with E-state index in [-0.39, 0.29) is 0 Å². The van der Waals surface area contributed by atoms with Crippen LogP contribution in [0.3, 0.4) is 0 Å². The van der Waals surface area contributed by atoms with Gasteiger partial charge in [-0.3, -0.25) is 4.98 Å². The zero-order valence-electron chi connectivity index (χ0n) is 7.48. The summed E-state index contributed by atoms with van der Waals surface area (Å²) in [5.74, 6) is 0. The molecule has 0 saturated heterocycles. The summed E-state index contributed by atoms with van der Waals surface area (Å²) >= 11 is 11.8. The van der Waals surface area contributed by atoms with Crippen molar-refractivity contribution in [2.24, 2.45) is 5.16 Å². The topological polar surface area (TPSA) is 45.5 Å². The molecular weight excluding hydrogens is 235 g/mol. The van der Waals surface area contributed by atoms with E-state index in [0.29, 0.717) is 21.1 Å². The zero-order chi connectivity index (χ0) is 10.8. The molecule has 0 atom stereocenters. The van der Waals surface area contributed by atoms with E-state index >= 15 is 0 Å². The Hall–Kier alpha value is -1.32. The van der Waals surface area contributed by atoms with Crippen LogP contribution in [0.15, 0.2) is 29.6 Å². The smallest absolute Gasteiger partial charge is 0.0807 e. The maximum absolute atomic E-state index is 8.52. The standard InChI is InChI=1S/C10H6Cl2N2O/c11-7-3-6-1-2-9(12)8(5-14-15)10(6)13-4-7/h1-5,15H. The maximum atomic E-state index is 8.52. The highest BCUT2D eigenvalue weighted by Gasteiger charge is 2.05. The maximum Gasteiger partial charge on any atom is 0.0807 e. The number of rotatable bonds is 1. The number of halogens is 2. The second-order valence-corrected chi connectivity index (χ2v) is 3.77. The summed E-state index contributed by atoms with van der Waals surface area (Å²) in [5.41, 5.74) is 1.23. The highest BCUT2D eigenvalue weighted by atomic mass is 35.5. The van der Waals surface area contributed by atoms with Gasteiger partial charge in [0.1, 0.15) is 0 Å². The number of pyridine rings is 1. The molecule has 2 rings (SSSR count). The summed E-state index contributed by atoms with van der Waals surface area (Å²) in [6.07, 6.45) is 2.78. The van der Waals surface area contributed by atoms with Crippen LogP contribution in [0.2, 0.25) is 10.0 Å². The third kappa shape index (κ3) is 1.89. The molecule has 76 valence electrons. The Morgan fingerprint density at radius 3 is 2.87 bits per heavy atom. The van der Waals surface area contributed by atoms with Crippen molar-refractivity contribution in [1.82, 2.24) is 4.98 Å². The van der Waals surface area contributed by atoms with Gasteiger partial charge in [-0.25, -0.2) is 0 Å². The van der Waals surface area contributed by atoms with Crippen molar-refractivity contribution in [3.05, 3.63) is 40.0 Å². The lowest BCUT2D eigenvalue weighted by atomic mass is 10.1. The molecule has 0 amide bonds. The highest BCUT2D eigenvalue weighted by molar-refractivity contribution is 6.35. The second kappa shape index (κ2) is 4.04. The second-order valence-electron chi connectivity index (χ2n) is 2.93. The molecular formula is C10H6Cl2N2O. The molecule has 2 aromatic rings. The third-order valence-corrected chi connectivity index (χ3v) is 2.53. The molecule has 0 fully saturated rings. The number of fused-ring (bicyclic) bond motifs is 1. The summed E-state index contributed by atoms with van der Waals surface area (Å²) in [4.78, 5) is 4.14. The van der Waals surface area contributed by atoms with E-state index in [2.05, 4.69) is 10.1 Å². The first-order valence-electron chi connectivity index (χ1n) is 4.13. The van der Waals surface area contributed by atoms with E-state index in [0.717, 1.165) is 5.39 Å². The van der Waals surface area contributed by atoms with Crippen LogP contribution >= 0.6 is 23.2 Å². The fraction of sp³-hybridized carbons (Fsp3) is 0. The van der Waals surface area contributed by atoms with Crippen LogP contribution in [0.4, 0.5) is 0 Å². The molecule has 0 unspecified atom stereocenters. The van der Waals surface area contributed by atoms with E-state index in [4.69, 9.17) is 28.4 Å². The number of hydrogen-bond acceptors (Lipinski definition) is 3. The Morgan fingerprint density at radius 2 is 2.13 bits per heavy atom. The minimum atomic E-state index is 0.482. The summed E-state index contributed by atoms with van der Waals surface area (Å²) in [7, 11) is 0. The van der Waals surface area contributed by atoms with E-state index in [9.17, 15) is 0 Å². The Morgan fingerprint density at radius 1 is 1.33 bits per heavy atom. The molecule has 1 heterocycles. The van der Waals surface area contributed by atoms with Crippen LogP contribution in [0.25, 0.3) is 10.9 Å². The predicted octanol–water partition coefficient (Wildman–Crippen LogP) is 3.35. The van der Waals surface area contributed by atoms with Crippen LogP contribution in [0, 0.1) is 0 Å². The predicted molar refractivity (Wildman–Crippen MR) is 61.1 cm³/mol. The molecule has 0 radical (unpaired) electrons. The van der Waals surface area contributed by atoms with Crippen molar-refractivity contribution in [3.63, 3.8) is 0 Å². The van der Waals surface area contributed by atoms with Crippen molar-refractivity contribution in [2.45, 2.75) is 0 Å². The molecule has 5 heteroatoms. The average Bonchev–Trinajstić information content (AvgIpc) is 2.22. The molecule has 0 aliphatic rings. The Bertz CT molecular complexity index is 540. The van der Waals surface area contributed by atoms with Crippen LogP contribution < -0.4 is 0 Å². The minimum absolute atomic E-state index is 0.482. The van der Waals surface area contributed by atoms with Crippen molar-refractivity contribution in [2.75, 3.05) is 0 Å². The van der Waals surface area contributed by atoms with Gasteiger partial charge in [-0.05, 0) is 12.1 Å². The van der Waals surface area contributed by atoms with E-state index < -0.39 is 0 Å². The Balaban J connectivity index is 2.81. The van der Waals surface area contributed by atoms with Gasteiger partial charge in [0.2, 0.25) is 0 Å². The van der Waals surface area contributed by atoms with Crippen molar-refractivity contribution < 1.29 is 5.21 Å². The zero-order valence-corrected chi connectivity index (χ0v) is 9.00. The van der Waals surface area contributed by atoms with Crippen molar-refractivity contribution in [3.8, 4) is 0 Å². The molecule has 0 bridgehead atoms. The van der Waals surface area contributed by atoms with Crippen LogP contribution in [-0.4, -0.2) is 16.4 Å². The third-order valence-electron chi connectivity index (χ3n) is 1.99. The highest BCUT2D eigenvalue weighted by Crippen LogP contribution is 2.24. The van der Waals surface area contributed by atoms with Gasteiger partial charge in [0, 0.05) is 17.1 Å². The average molecular weight is 241 g/mol. The van der Waals surface area contributed by atoms with Gasteiger partial charge in [0.05, 0.1) is 21.8 Å². The first kappa shape index (κ1) is 10.2. The lowest BCUT2D eigenvalue weighted by Crippen LogP contribution is -1.89. The molecule has 0 aliphatic carbocycles. The molecule has 0 spiro atoms. The van der Waals surface area contributed by atoms with Crippen LogP contribution in [0.5, 0.6) is 0 Å². The summed E-state index contributed by atoms with van der Waals surface area (Å²) in [6, 6.07) is 5.29. The lowest BCUT2D eigenvalue weighted by Gasteiger charge is -2.03. The molecule has 15 heavy (non-hydrogen) atoms. The van der Waals surface area contributed by atoms with Gasteiger partial charge in [0.15, 0.2) is 0 Å². The number of benzene rings is 1. The Kier molecular flexibility index (Phi) is 2.75. The van der Waals surface area contributed by atoms with Crippen molar-refractivity contribution >= 4 is 40.3 Å². The van der Waals surface area contributed by atoms with E-state index in [1.165, 1.54) is 12.4 Å². The van der Waals surface area contributed by atoms with E-state index in [1.54, 1.807) is 12.1 Å². The van der Waals surface area contributed by atoms with Gasteiger partial charge in [-0.1, -0.05) is 34.4 Å². The summed E-state index contributed by atoms with van der Waals surface area (Å²) < 4.78 is 0. The molecule has 1 aromatic carbocycles. The first-order chi connectivity index (χ1) is 7.22. The minimum Gasteiger partial charge on any atom is -0.411 e. The SMILES string of the molecule is ON=Cc1c(Cl)ccc2cc(Cl)cnc12. The first-order valence-corrected chi connectivity index (χ1v) is 4.89. The quantitative estimate of drug-likeness (QED) is 0.472. The normalized spacial score (nSPS) is 11.3. The molecule has 1 aromatic heterocycles. The summed E-state index contributed by atoms with van der Waals surface area (Å²) in [5, 5.41) is 13.4. The lowest BCUT2D eigenvalue weighted by molar-refractivity contribution is 0.322. The number of nitrogens with zero attached hydrogens (tertiary/aromatic N) is 2.